The van der Waals surface area contributed by atoms with Crippen LogP contribution in [0.2, 0.25) is 0 Å². The minimum atomic E-state index is -0.671. The van der Waals surface area contributed by atoms with Crippen LogP contribution in [-0.2, 0) is 16.8 Å². The first-order chi connectivity index (χ1) is 11.9. The molecule has 3 aromatic rings. The van der Waals surface area contributed by atoms with Crippen LogP contribution >= 0.6 is 0 Å². The van der Waals surface area contributed by atoms with Crippen LogP contribution in [0.5, 0.6) is 0 Å². The van der Waals surface area contributed by atoms with Crippen molar-refractivity contribution in [2.24, 2.45) is 0 Å². The second-order valence-corrected chi connectivity index (χ2v) is 6.61. The van der Waals surface area contributed by atoms with Gasteiger partial charge in [0.2, 0.25) is 5.91 Å². The lowest BCUT2D eigenvalue weighted by Gasteiger charge is -2.23. The van der Waals surface area contributed by atoms with Gasteiger partial charge < -0.3 is 11.1 Å². The van der Waals surface area contributed by atoms with E-state index in [9.17, 15) is 4.79 Å². The minimum Gasteiger partial charge on any atom is -0.399 e. The van der Waals surface area contributed by atoms with Gasteiger partial charge >= 0.3 is 0 Å². The third-order valence-electron chi connectivity index (χ3n) is 4.28. The molecule has 3 N–H and O–H groups in total. The molecule has 0 unspecified atom stereocenters. The molecule has 0 fully saturated rings. The van der Waals surface area contributed by atoms with E-state index in [-0.39, 0.29) is 5.91 Å². The van der Waals surface area contributed by atoms with Gasteiger partial charge in [-0.15, -0.1) is 0 Å². The number of nitrogens with two attached hydrogens (primary N) is 1. The van der Waals surface area contributed by atoms with Gasteiger partial charge in [0.05, 0.1) is 23.8 Å². The van der Waals surface area contributed by atoms with Gasteiger partial charge in [0.1, 0.15) is 0 Å². The molecule has 5 heteroatoms. The molecule has 1 aromatic heterocycles. The number of benzene rings is 2. The Morgan fingerprint density at radius 3 is 2.48 bits per heavy atom. The smallest absolute Gasteiger partial charge is 0.234 e. The molecule has 0 radical (unpaired) electrons. The molecule has 0 aliphatic rings. The summed E-state index contributed by atoms with van der Waals surface area (Å²) in [7, 11) is 0. The predicted molar refractivity (Wildman–Crippen MR) is 100 cm³/mol. The Hall–Kier alpha value is -3.08. The van der Waals surface area contributed by atoms with E-state index in [1.165, 1.54) is 0 Å². The summed E-state index contributed by atoms with van der Waals surface area (Å²) in [4.78, 5) is 12.7. The third-order valence-corrected chi connectivity index (χ3v) is 4.28. The number of carbonyl (C=O) groups is 1. The molecule has 3 rings (SSSR count). The molecule has 0 atom stereocenters. The van der Waals surface area contributed by atoms with Crippen molar-refractivity contribution in [1.29, 1.82) is 0 Å². The number of nitrogens with zero attached hydrogens (tertiary/aromatic N) is 2. The lowest BCUT2D eigenvalue weighted by Crippen LogP contribution is -2.34. The summed E-state index contributed by atoms with van der Waals surface area (Å²) >= 11 is 0. The Bertz CT molecular complexity index is 851. The van der Waals surface area contributed by atoms with Crippen LogP contribution in [0.25, 0.3) is 0 Å². The molecule has 0 saturated heterocycles. The summed E-state index contributed by atoms with van der Waals surface area (Å²) in [6.07, 6.45) is 3.50. The predicted octanol–water partition coefficient (Wildman–Crippen LogP) is 3.43. The first-order valence-electron chi connectivity index (χ1n) is 8.19. The van der Waals surface area contributed by atoms with Gasteiger partial charge in [0, 0.05) is 11.9 Å². The lowest BCUT2D eigenvalue weighted by atomic mass is 9.83. The van der Waals surface area contributed by atoms with Crippen molar-refractivity contribution in [3.8, 4) is 0 Å². The quantitative estimate of drug-likeness (QED) is 0.702. The fourth-order valence-corrected chi connectivity index (χ4v) is 2.60. The van der Waals surface area contributed by atoms with Crippen LogP contribution in [0.3, 0.4) is 0 Å². The minimum absolute atomic E-state index is 0.0865. The van der Waals surface area contributed by atoms with Crippen LogP contribution in [0, 0.1) is 0 Å². The molecular weight excluding hydrogens is 312 g/mol. The van der Waals surface area contributed by atoms with Crippen LogP contribution < -0.4 is 11.1 Å². The number of nitrogens with one attached hydrogen (secondary N) is 1. The Morgan fingerprint density at radius 2 is 1.80 bits per heavy atom. The van der Waals surface area contributed by atoms with Crippen LogP contribution in [0.1, 0.15) is 25.0 Å². The molecule has 1 amide bonds. The highest BCUT2D eigenvalue weighted by Gasteiger charge is 2.30. The standard InChI is InChI=1S/C20H22N4O/c1-20(2,16-8-10-17(21)11-9-16)19(25)23-18-12-22-24(14-18)13-15-6-4-3-5-7-15/h3-12,14H,13,21H2,1-2H3,(H,23,25). The average Bonchev–Trinajstić information content (AvgIpc) is 3.03. The Kier molecular flexibility index (Phi) is 4.57. The fraction of sp³-hybridized carbons (Fsp3) is 0.200. The van der Waals surface area contributed by atoms with Gasteiger partial charge in [-0.25, -0.2) is 0 Å². The molecule has 25 heavy (non-hydrogen) atoms. The van der Waals surface area contributed by atoms with Gasteiger partial charge in [0.25, 0.3) is 0 Å². The van der Waals surface area contributed by atoms with Crippen LogP contribution in [0.4, 0.5) is 11.4 Å². The second-order valence-electron chi connectivity index (χ2n) is 6.61. The fourth-order valence-electron chi connectivity index (χ4n) is 2.60. The summed E-state index contributed by atoms with van der Waals surface area (Å²) in [5.74, 6) is -0.0865. The van der Waals surface area contributed by atoms with E-state index in [4.69, 9.17) is 5.73 Å². The van der Waals surface area contributed by atoms with Crippen molar-refractivity contribution < 1.29 is 4.79 Å². The SMILES string of the molecule is CC(C)(C(=O)Nc1cnn(Cc2ccccc2)c1)c1ccc(N)cc1. The highest BCUT2D eigenvalue weighted by molar-refractivity contribution is 5.98. The maximum atomic E-state index is 12.7. The molecule has 0 saturated carbocycles. The Labute approximate surface area is 147 Å². The molecule has 5 nitrogen and oxygen atoms in total. The maximum Gasteiger partial charge on any atom is 0.234 e. The summed E-state index contributed by atoms with van der Waals surface area (Å²) in [5.41, 5.74) is 8.49. The van der Waals surface area contributed by atoms with Crippen molar-refractivity contribution in [3.63, 3.8) is 0 Å². The third kappa shape index (κ3) is 3.88. The zero-order chi connectivity index (χ0) is 17.9. The van der Waals surface area contributed by atoms with Gasteiger partial charge in [0.15, 0.2) is 0 Å². The molecule has 1 heterocycles. The van der Waals surface area contributed by atoms with E-state index in [1.807, 2.05) is 74.6 Å². The molecule has 0 aliphatic carbocycles. The van der Waals surface area contributed by atoms with Gasteiger partial charge in [-0.1, -0.05) is 42.5 Å². The molecule has 128 valence electrons. The van der Waals surface area contributed by atoms with Crippen molar-refractivity contribution in [2.75, 3.05) is 11.1 Å². The van der Waals surface area contributed by atoms with Crippen LogP contribution in [-0.4, -0.2) is 15.7 Å². The topological polar surface area (TPSA) is 72.9 Å². The van der Waals surface area contributed by atoms with E-state index in [2.05, 4.69) is 10.4 Å². The number of rotatable bonds is 5. The number of anilines is 2. The van der Waals surface area contributed by atoms with Crippen molar-refractivity contribution in [2.45, 2.75) is 25.8 Å². The van der Waals surface area contributed by atoms with E-state index < -0.39 is 5.41 Å². The largest absolute Gasteiger partial charge is 0.399 e. The van der Waals surface area contributed by atoms with Gasteiger partial charge in [-0.05, 0) is 37.1 Å². The first-order valence-corrected chi connectivity index (χ1v) is 8.19. The molecular formula is C20H22N4O. The van der Waals surface area contributed by atoms with E-state index in [0.29, 0.717) is 17.9 Å². The molecule has 0 bridgehead atoms. The summed E-state index contributed by atoms with van der Waals surface area (Å²) in [5, 5.41) is 7.26. The maximum absolute atomic E-state index is 12.7. The Balaban J connectivity index is 1.69. The zero-order valence-corrected chi connectivity index (χ0v) is 14.4. The van der Waals surface area contributed by atoms with Crippen LogP contribution in [0.15, 0.2) is 67.0 Å². The van der Waals surface area contributed by atoms with E-state index >= 15 is 0 Å². The molecule has 0 aliphatic heterocycles. The van der Waals surface area contributed by atoms with Gasteiger partial charge in [-0.2, -0.15) is 5.10 Å². The number of hydrogen-bond acceptors (Lipinski definition) is 3. The highest BCUT2D eigenvalue weighted by atomic mass is 16.2. The number of nitrogen functional groups attached to an aromatic ring is 1. The summed E-state index contributed by atoms with van der Waals surface area (Å²) < 4.78 is 1.81. The second kappa shape index (κ2) is 6.81. The number of carbonyl (C=O) groups excluding carboxylic acids is 1. The zero-order valence-electron chi connectivity index (χ0n) is 14.4. The molecule has 0 spiro atoms. The summed E-state index contributed by atoms with van der Waals surface area (Å²) in [6, 6.07) is 17.4. The highest BCUT2D eigenvalue weighted by Crippen LogP contribution is 2.26. The average molecular weight is 334 g/mol. The van der Waals surface area contributed by atoms with Crippen molar-refractivity contribution in [3.05, 3.63) is 78.1 Å². The van der Waals surface area contributed by atoms with Crippen molar-refractivity contribution in [1.82, 2.24) is 9.78 Å². The monoisotopic (exact) mass is 334 g/mol. The van der Waals surface area contributed by atoms with E-state index in [0.717, 1.165) is 11.1 Å². The summed E-state index contributed by atoms with van der Waals surface area (Å²) in [6.45, 7) is 4.45. The number of hydrogen-bond donors (Lipinski definition) is 2. The van der Waals surface area contributed by atoms with Gasteiger partial charge in [-0.3, -0.25) is 9.48 Å². The first kappa shape index (κ1) is 16.8. The number of amides is 1. The Morgan fingerprint density at radius 1 is 1.12 bits per heavy atom. The van der Waals surface area contributed by atoms with E-state index in [1.54, 1.807) is 10.9 Å². The molecule has 2 aromatic carbocycles. The normalized spacial score (nSPS) is 11.3. The lowest BCUT2D eigenvalue weighted by molar-refractivity contribution is -0.120. The van der Waals surface area contributed by atoms with Crippen molar-refractivity contribution >= 4 is 17.3 Å². The number of aromatic nitrogens is 2.